The second-order valence-corrected chi connectivity index (χ2v) is 6.36. The van der Waals surface area contributed by atoms with Gasteiger partial charge in [-0.3, -0.25) is 0 Å². The van der Waals surface area contributed by atoms with Gasteiger partial charge in [-0.05, 0) is 36.6 Å². The van der Waals surface area contributed by atoms with Gasteiger partial charge in [0.1, 0.15) is 0 Å². The third kappa shape index (κ3) is 1.95. The van der Waals surface area contributed by atoms with Gasteiger partial charge in [-0.2, -0.15) is 5.10 Å². The van der Waals surface area contributed by atoms with E-state index in [1.807, 2.05) is 35.0 Å². The van der Waals surface area contributed by atoms with Crippen LogP contribution in [0.15, 0.2) is 42.7 Å². The van der Waals surface area contributed by atoms with Crippen molar-refractivity contribution in [3.05, 3.63) is 64.0 Å². The van der Waals surface area contributed by atoms with Crippen LogP contribution >= 0.6 is 23.2 Å². The third-order valence-electron chi connectivity index (χ3n) is 4.38. The molecule has 0 bridgehead atoms. The number of rotatable bonds is 2. The minimum Gasteiger partial charge on any atom is -0.237 e. The van der Waals surface area contributed by atoms with Crippen LogP contribution in [0, 0.1) is 0 Å². The zero-order valence-electron chi connectivity index (χ0n) is 11.3. The summed E-state index contributed by atoms with van der Waals surface area (Å²) in [6.45, 7) is 0. The Kier molecular flexibility index (Phi) is 2.95. The largest absolute Gasteiger partial charge is 0.237 e. The fourth-order valence-electron chi connectivity index (χ4n) is 3.14. The quantitative estimate of drug-likeness (QED) is 0.696. The van der Waals surface area contributed by atoms with E-state index in [1.54, 1.807) is 6.20 Å². The highest BCUT2D eigenvalue weighted by molar-refractivity contribution is 6.35. The number of nitrogens with zero attached hydrogens (tertiary/aromatic N) is 3. The summed E-state index contributed by atoms with van der Waals surface area (Å²) in [6, 6.07) is 9.68. The van der Waals surface area contributed by atoms with E-state index in [1.165, 1.54) is 6.42 Å². The molecule has 1 aromatic carbocycles. The molecular weight excluding hydrogens is 305 g/mol. The van der Waals surface area contributed by atoms with Crippen LogP contribution in [0.4, 0.5) is 0 Å². The Balaban J connectivity index is 1.89. The van der Waals surface area contributed by atoms with E-state index in [9.17, 15) is 0 Å². The summed E-state index contributed by atoms with van der Waals surface area (Å²) in [7, 11) is 0. The number of fused-ring (bicyclic) bond motifs is 1. The highest BCUT2D eigenvalue weighted by Crippen LogP contribution is 2.50. The number of aromatic nitrogens is 3. The van der Waals surface area contributed by atoms with Crippen molar-refractivity contribution in [2.45, 2.75) is 24.7 Å². The van der Waals surface area contributed by atoms with Gasteiger partial charge in [0.15, 0.2) is 5.65 Å². The molecule has 2 heterocycles. The van der Waals surface area contributed by atoms with Crippen LogP contribution in [0.1, 0.15) is 30.5 Å². The summed E-state index contributed by atoms with van der Waals surface area (Å²) in [6.07, 6.45) is 6.99. The van der Waals surface area contributed by atoms with Crippen LogP contribution in [-0.2, 0) is 5.41 Å². The topological polar surface area (TPSA) is 30.2 Å². The predicted molar refractivity (Wildman–Crippen MR) is 84.1 cm³/mol. The standard InChI is InChI=1S/C16H13Cl2N3/c17-11-3-4-12(13(18)9-11)16(5-1-6-16)14-10-15-19-7-2-8-21(15)20-14/h2-4,7-10H,1,5-6H2. The molecule has 0 aliphatic heterocycles. The molecule has 1 fully saturated rings. The molecule has 5 heteroatoms. The Morgan fingerprint density at radius 2 is 2.00 bits per heavy atom. The summed E-state index contributed by atoms with van der Waals surface area (Å²) < 4.78 is 1.82. The van der Waals surface area contributed by atoms with E-state index >= 15 is 0 Å². The SMILES string of the molecule is Clc1ccc(C2(c3cc4ncccn4n3)CCC2)c(Cl)c1. The molecule has 21 heavy (non-hydrogen) atoms. The first-order valence-electron chi connectivity index (χ1n) is 6.95. The molecule has 0 saturated heterocycles. The first-order valence-corrected chi connectivity index (χ1v) is 7.71. The summed E-state index contributed by atoms with van der Waals surface area (Å²) in [5.41, 5.74) is 2.92. The van der Waals surface area contributed by atoms with Gasteiger partial charge in [-0.15, -0.1) is 0 Å². The maximum absolute atomic E-state index is 6.44. The Labute approximate surface area is 132 Å². The second-order valence-electron chi connectivity index (χ2n) is 5.51. The lowest BCUT2D eigenvalue weighted by Crippen LogP contribution is -2.36. The summed E-state index contributed by atoms with van der Waals surface area (Å²) in [5, 5.41) is 6.09. The molecule has 0 N–H and O–H groups in total. The summed E-state index contributed by atoms with van der Waals surface area (Å²) in [5.74, 6) is 0. The molecule has 1 saturated carbocycles. The Morgan fingerprint density at radius 1 is 1.14 bits per heavy atom. The molecule has 4 rings (SSSR count). The van der Waals surface area contributed by atoms with Gasteiger partial charge in [0.25, 0.3) is 0 Å². The zero-order valence-corrected chi connectivity index (χ0v) is 12.8. The Hall–Kier alpha value is -1.58. The smallest absolute Gasteiger partial charge is 0.155 e. The van der Waals surface area contributed by atoms with Crippen LogP contribution in [0.2, 0.25) is 10.0 Å². The maximum atomic E-state index is 6.44. The molecule has 0 amide bonds. The normalized spacial score (nSPS) is 16.9. The van der Waals surface area contributed by atoms with Crippen molar-refractivity contribution >= 4 is 28.8 Å². The Bertz CT molecular complexity index is 788. The van der Waals surface area contributed by atoms with Crippen LogP contribution in [0.3, 0.4) is 0 Å². The molecule has 0 radical (unpaired) electrons. The molecule has 3 aromatic rings. The molecule has 0 unspecified atom stereocenters. The van der Waals surface area contributed by atoms with Gasteiger partial charge < -0.3 is 0 Å². The van der Waals surface area contributed by atoms with E-state index in [-0.39, 0.29) is 5.41 Å². The van der Waals surface area contributed by atoms with Gasteiger partial charge >= 0.3 is 0 Å². The average Bonchev–Trinajstić information content (AvgIpc) is 2.83. The highest BCUT2D eigenvalue weighted by Gasteiger charge is 2.43. The number of hydrogen-bond donors (Lipinski definition) is 0. The number of hydrogen-bond acceptors (Lipinski definition) is 2. The summed E-state index contributed by atoms with van der Waals surface area (Å²) >= 11 is 12.5. The first-order chi connectivity index (χ1) is 10.2. The minimum absolute atomic E-state index is 0.102. The molecule has 0 spiro atoms. The van der Waals surface area contributed by atoms with E-state index < -0.39 is 0 Å². The monoisotopic (exact) mass is 317 g/mol. The fraction of sp³-hybridized carbons (Fsp3) is 0.250. The van der Waals surface area contributed by atoms with Gasteiger partial charge in [-0.1, -0.05) is 35.7 Å². The van der Waals surface area contributed by atoms with E-state index in [2.05, 4.69) is 11.1 Å². The van der Waals surface area contributed by atoms with Gasteiger partial charge in [0.2, 0.25) is 0 Å². The fourth-order valence-corrected chi connectivity index (χ4v) is 3.72. The molecule has 0 atom stereocenters. The van der Waals surface area contributed by atoms with Crippen molar-refractivity contribution < 1.29 is 0 Å². The average molecular weight is 318 g/mol. The number of benzene rings is 1. The lowest BCUT2D eigenvalue weighted by molar-refractivity contribution is 0.293. The van der Waals surface area contributed by atoms with Crippen molar-refractivity contribution in [1.29, 1.82) is 0 Å². The third-order valence-corrected chi connectivity index (χ3v) is 4.93. The minimum atomic E-state index is -0.102. The Morgan fingerprint density at radius 3 is 2.67 bits per heavy atom. The maximum Gasteiger partial charge on any atom is 0.155 e. The zero-order chi connectivity index (χ0) is 14.4. The van der Waals surface area contributed by atoms with Crippen molar-refractivity contribution in [2.24, 2.45) is 0 Å². The van der Waals surface area contributed by atoms with Crippen LogP contribution in [0.25, 0.3) is 5.65 Å². The van der Waals surface area contributed by atoms with Crippen LogP contribution in [0.5, 0.6) is 0 Å². The van der Waals surface area contributed by atoms with Crippen molar-refractivity contribution in [3.8, 4) is 0 Å². The highest BCUT2D eigenvalue weighted by atomic mass is 35.5. The molecule has 106 valence electrons. The van der Waals surface area contributed by atoms with Crippen molar-refractivity contribution in [3.63, 3.8) is 0 Å². The van der Waals surface area contributed by atoms with Gasteiger partial charge in [0, 0.05) is 33.9 Å². The molecule has 2 aromatic heterocycles. The summed E-state index contributed by atoms with van der Waals surface area (Å²) in [4.78, 5) is 4.35. The number of halogens is 2. The molecule has 3 nitrogen and oxygen atoms in total. The second kappa shape index (κ2) is 4.72. The van der Waals surface area contributed by atoms with Crippen molar-refractivity contribution in [1.82, 2.24) is 14.6 Å². The lowest BCUT2D eigenvalue weighted by atomic mass is 9.62. The molecule has 1 aliphatic rings. The van der Waals surface area contributed by atoms with Crippen molar-refractivity contribution in [2.75, 3.05) is 0 Å². The molecular formula is C16H13Cl2N3. The first kappa shape index (κ1) is 13.1. The van der Waals surface area contributed by atoms with E-state index in [0.717, 1.165) is 29.7 Å². The van der Waals surface area contributed by atoms with Gasteiger partial charge in [0.05, 0.1) is 5.69 Å². The van der Waals surface area contributed by atoms with Crippen LogP contribution in [-0.4, -0.2) is 14.6 Å². The molecule has 1 aliphatic carbocycles. The van der Waals surface area contributed by atoms with Crippen LogP contribution < -0.4 is 0 Å². The lowest BCUT2D eigenvalue weighted by Gasteiger charge is -2.41. The van der Waals surface area contributed by atoms with Gasteiger partial charge in [-0.25, -0.2) is 9.50 Å². The predicted octanol–water partition coefficient (Wildman–Crippen LogP) is 4.51. The van der Waals surface area contributed by atoms with E-state index in [4.69, 9.17) is 28.3 Å². The van der Waals surface area contributed by atoms with E-state index in [0.29, 0.717) is 10.0 Å².